The molecule has 0 radical (unpaired) electrons. The third kappa shape index (κ3) is 7.74. The molecule has 13 nitrogen and oxygen atoms in total. The highest BCUT2D eigenvalue weighted by Gasteiger charge is 2.40. The number of aliphatic imine (C=N–C) groups is 1. The van der Waals surface area contributed by atoms with Crippen molar-refractivity contribution >= 4 is 17.6 Å². The lowest BCUT2D eigenvalue weighted by atomic mass is 10.1. The Morgan fingerprint density at radius 2 is 2.05 bits per heavy atom. The van der Waals surface area contributed by atoms with E-state index in [2.05, 4.69) is 34.9 Å². The van der Waals surface area contributed by atoms with Crippen LogP contribution in [0.25, 0.3) is 0 Å². The average molecular weight is 523 g/mol. The van der Waals surface area contributed by atoms with Crippen LogP contribution in [0.4, 0.5) is 13.2 Å². The summed E-state index contributed by atoms with van der Waals surface area (Å²) in [6.45, 7) is -0.339. The number of halogens is 3. The van der Waals surface area contributed by atoms with Crippen molar-refractivity contribution < 1.29 is 27.3 Å². The number of aromatic amines is 1. The second-order valence-electron chi connectivity index (χ2n) is 7.90. The molecule has 0 aliphatic heterocycles. The molecule has 37 heavy (non-hydrogen) atoms. The van der Waals surface area contributed by atoms with Crippen molar-refractivity contribution in [2.75, 3.05) is 6.54 Å². The van der Waals surface area contributed by atoms with Gasteiger partial charge in [-0.15, -0.1) is 0 Å². The van der Waals surface area contributed by atoms with Gasteiger partial charge in [-0.2, -0.15) is 18.2 Å². The predicted octanol–water partition coefficient (Wildman–Crippen LogP) is 0.180. The number of Topliss-reactive ketones (excluding diaryl/α,β-unsaturated/α-hetero) is 1. The zero-order chi connectivity index (χ0) is 27.0. The maximum atomic E-state index is 12.8. The Bertz CT molecular complexity index is 1300. The molecule has 0 saturated heterocycles. The van der Waals surface area contributed by atoms with Crippen LogP contribution < -0.4 is 22.3 Å². The summed E-state index contributed by atoms with van der Waals surface area (Å²) in [5, 5.41) is 5.51. The number of hydrogen-bond donors (Lipinski definition) is 4. The summed E-state index contributed by atoms with van der Waals surface area (Å²) >= 11 is 0. The van der Waals surface area contributed by atoms with Crippen molar-refractivity contribution in [3.63, 3.8) is 0 Å². The fraction of sp³-hybridized carbons (Fsp3) is 0.381. The molecule has 1 amide bonds. The van der Waals surface area contributed by atoms with E-state index in [0.717, 1.165) is 10.3 Å². The van der Waals surface area contributed by atoms with Gasteiger partial charge >= 0.3 is 12.1 Å². The highest BCUT2D eigenvalue weighted by atomic mass is 19.4. The lowest BCUT2D eigenvalue weighted by molar-refractivity contribution is -0.159. The van der Waals surface area contributed by atoms with Crippen LogP contribution in [0.2, 0.25) is 0 Å². The molecule has 3 rings (SSSR count). The van der Waals surface area contributed by atoms with Gasteiger partial charge < -0.3 is 30.9 Å². The number of alkyl halides is 3. The quantitative estimate of drug-likeness (QED) is 0.111. The van der Waals surface area contributed by atoms with Crippen LogP contribution >= 0.6 is 0 Å². The minimum atomic E-state index is -4.94. The van der Waals surface area contributed by atoms with Gasteiger partial charge in [-0.3, -0.25) is 19.4 Å². The van der Waals surface area contributed by atoms with Gasteiger partial charge in [0.2, 0.25) is 17.5 Å². The number of hydrogen-bond acceptors (Lipinski definition) is 8. The largest absolute Gasteiger partial charge is 0.471 e. The van der Waals surface area contributed by atoms with E-state index in [9.17, 15) is 27.6 Å². The molecule has 6 N–H and O–H groups in total. The molecule has 0 fully saturated rings. The summed E-state index contributed by atoms with van der Waals surface area (Å²) in [5.41, 5.74) is 11.4. The lowest BCUT2D eigenvalue weighted by Gasteiger charge is -2.16. The minimum Gasteiger partial charge on any atom is -0.370 e. The first-order valence-corrected chi connectivity index (χ1v) is 11.0. The molecule has 0 bridgehead atoms. The standard InChI is InChI=1S/C21H24F3N9O4/c22-21(23,24)19-31-17(32-37-19)16(35)14(4-1-7-28-20(25)26)30-15(34)10-33-8-2-3-12(18(33)36)5-6-13-9-27-11-29-13/h2-3,8-9,11,14H,1,4-7,10H2,(H,27,29)(H,30,34)(H4,25,26,28)/t14-/m0/s1. The van der Waals surface area contributed by atoms with Crippen LogP contribution in [-0.4, -0.2) is 54.9 Å². The van der Waals surface area contributed by atoms with Crippen LogP contribution in [0.5, 0.6) is 0 Å². The van der Waals surface area contributed by atoms with E-state index in [0.29, 0.717) is 18.4 Å². The number of nitrogens with two attached hydrogens (primary N) is 2. The van der Waals surface area contributed by atoms with E-state index < -0.39 is 47.7 Å². The van der Waals surface area contributed by atoms with Gasteiger partial charge in [0.05, 0.1) is 12.4 Å². The Morgan fingerprint density at radius 3 is 2.70 bits per heavy atom. The summed E-state index contributed by atoms with van der Waals surface area (Å²) < 4.78 is 43.7. The molecule has 0 aliphatic carbocycles. The van der Waals surface area contributed by atoms with Crippen molar-refractivity contribution in [1.29, 1.82) is 0 Å². The fourth-order valence-corrected chi connectivity index (χ4v) is 3.35. The van der Waals surface area contributed by atoms with Gasteiger partial charge in [0.15, 0.2) is 5.96 Å². The number of carbonyl (C=O) groups excluding carboxylic acids is 2. The molecule has 0 spiro atoms. The molecule has 198 valence electrons. The number of guanidine groups is 1. The van der Waals surface area contributed by atoms with Gasteiger partial charge in [-0.05, 0) is 31.7 Å². The average Bonchev–Trinajstić information content (AvgIpc) is 3.53. The van der Waals surface area contributed by atoms with E-state index in [-0.39, 0.29) is 25.3 Å². The second-order valence-corrected chi connectivity index (χ2v) is 7.90. The normalized spacial score (nSPS) is 12.2. The Labute approximate surface area is 207 Å². The first-order valence-electron chi connectivity index (χ1n) is 11.0. The summed E-state index contributed by atoms with van der Waals surface area (Å²) in [6, 6.07) is 1.92. The molecule has 3 aromatic heterocycles. The molecule has 3 aromatic rings. The molecule has 0 saturated carbocycles. The van der Waals surface area contributed by atoms with E-state index in [4.69, 9.17) is 11.5 Å². The SMILES string of the molecule is NC(N)=NCCC[C@H](NC(=O)Cn1cccc(CCc2cnc[nH]2)c1=O)C(=O)c1noc(C(F)(F)F)n1. The van der Waals surface area contributed by atoms with Gasteiger partial charge in [-0.1, -0.05) is 11.2 Å². The first-order chi connectivity index (χ1) is 17.5. The van der Waals surface area contributed by atoms with E-state index in [1.165, 1.54) is 12.5 Å². The number of nitrogens with zero attached hydrogens (tertiary/aromatic N) is 5. The summed E-state index contributed by atoms with van der Waals surface area (Å²) in [7, 11) is 0. The van der Waals surface area contributed by atoms with Crippen molar-refractivity contribution in [3.05, 3.63) is 64.2 Å². The Balaban J connectivity index is 1.71. The molecular formula is C21H24F3N9O4. The van der Waals surface area contributed by atoms with E-state index in [1.807, 2.05) is 0 Å². The van der Waals surface area contributed by atoms with E-state index in [1.54, 1.807) is 18.3 Å². The molecule has 0 aliphatic rings. The summed E-state index contributed by atoms with van der Waals surface area (Å²) in [6.07, 6.45) is 0.708. The zero-order valence-electron chi connectivity index (χ0n) is 19.4. The van der Waals surface area contributed by atoms with Gasteiger partial charge in [0.25, 0.3) is 5.56 Å². The number of pyridine rings is 1. The number of amides is 1. The van der Waals surface area contributed by atoms with Crippen LogP contribution in [0.3, 0.4) is 0 Å². The molecular weight excluding hydrogens is 499 g/mol. The van der Waals surface area contributed by atoms with Gasteiger partial charge in [-0.25, -0.2) is 4.98 Å². The minimum absolute atomic E-state index is 0.0453. The number of H-pyrrole nitrogens is 1. The number of nitrogens with one attached hydrogen (secondary N) is 2. The first kappa shape index (κ1) is 27.1. The molecule has 0 aromatic carbocycles. The molecule has 0 unspecified atom stereocenters. The predicted molar refractivity (Wildman–Crippen MR) is 122 cm³/mol. The van der Waals surface area contributed by atoms with Crippen LogP contribution in [0.1, 0.15) is 40.6 Å². The highest BCUT2D eigenvalue weighted by molar-refractivity contribution is 5.99. The van der Waals surface area contributed by atoms with E-state index >= 15 is 0 Å². The number of imidazole rings is 1. The Morgan fingerprint density at radius 1 is 1.27 bits per heavy atom. The second kappa shape index (κ2) is 12.0. The van der Waals surface area contributed by atoms with Gasteiger partial charge in [0, 0.05) is 30.2 Å². The van der Waals surface area contributed by atoms with Crippen LogP contribution in [-0.2, 0) is 30.4 Å². The summed E-state index contributed by atoms with van der Waals surface area (Å²) in [4.78, 5) is 52.0. The van der Waals surface area contributed by atoms with Crippen molar-refractivity contribution in [2.24, 2.45) is 16.5 Å². The number of carbonyl (C=O) groups is 2. The Kier molecular flexibility index (Phi) is 8.76. The van der Waals surface area contributed by atoms with Crippen molar-refractivity contribution in [3.8, 4) is 0 Å². The van der Waals surface area contributed by atoms with Gasteiger partial charge in [0.1, 0.15) is 6.54 Å². The maximum Gasteiger partial charge on any atom is 0.471 e. The monoisotopic (exact) mass is 523 g/mol. The Hall–Kier alpha value is -4.50. The fourth-order valence-electron chi connectivity index (χ4n) is 3.35. The molecule has 1 atom stereocenters. The zero-order valence-corrected chi connectivity index (χ0v) is 19.4. The third-order valence-corrected chi connectivity index (χ3v) is 5.12. The maximum absolute atomic E-state index is 12.8. The highest BCUT2D eigenvalue weighted by Crippen LogP contribution is 2.27. The number of aryl methyl sites for hydroxylation is 2. The molecule has 3 heterocycles. The van der Waals surface area contributed by atoms with Crippen LogP contribution in [0.15, 0.2) is 45.2 Å². The summed E-state index contributed by atoms with van der Waals surface area (Å²) in [5.74, 6) is -4.46. The third-order valence-electron chi connectivity index (χ3n) is 5.12. The number of ketones is 1. The van der Waals surface area contributed by atoms with Crippen LogP contribution in [0, 0.1) is 0 Å². The lowest BCUT2D eigenvalue weighted by Crippen LogP contribution is -2.44. The topological polar surface area (TPSA) is 200 Å². The van der Waals surface area contributed by atoms with Crippen molar-refractivity contribution in [2.45, 2.75) is 44.4 Å². The molecule has 16 heteroatoms. The van der Waals surface area contributed by atoms with Crippen molar-refractivity contribution in [1.82, 2.24) is 30.0 Å². The number of rotatable bonds is 12. The number of aromatic nitrogens is 5. The smallest absolute Gasteiger partial charge is 0.370 e.